The summed E-state index contributed by atoms with van der Waals surface area (Å²) < 4.78 is 1.54. The van der Waals surface area contributed by atoms with E-state index < -0.39 is 6.03 Å². The molecule has 0 atom stereocenters. The highest BCUT2D eigenvalue weighted by atomic mass is 16.2. The topological polar surface area (TPSA) is 67.2 Å². The van der Waals surface area contributed by atoms with Gasteiger partial charge in [0.25, 0.3) is 0 Å². The van der Waals surface area contributed by atoms with Gasteiger partial charge < -0.3 is 0 Å². The Morgan fingerprint density at radius 2 is 2.31 bits per heavy atom. The zero-order valence-corrected chi connectivity index (χ0v) is 6.80. The molecule has 1 aliphatic rings. The minimum atomic E-state index is -0.408. The van der Waals surface area contributed by atoms with Crippen molar-refractivity contribution in [3.63, 3.8) is 0 Å². The van der Waals surface area contributed by atoms with Gasteiger partial charge in [-0.05, 0) is 0 Å². The maximum atomic E-state index is 11.2. The van der Waals surface area contributed by atoms with Crippen LogP contribution in [0.5, 0.6) is 0 Å². The van der Waals surface area contributed by atoms with E-state index in [2.05, 4.69) is 10.3 Å². The van der Waals surface area contributed by atoms with Crippen molar-refractivity contribution in [1.29, 1.82) is 0 Å². The van der Waals surface area contributed by atoms with E-state index in [4.69, 9.17) is 0 Å². The molecule has 0 saturated carbocycles. The van der Waals surface area contributed by atoms with E-state index in [1.807, 2.05) is 0 Å². The average Bonchev–Trinajstić information content (AvgIpc) is 2.56. The Kier molecular flexibility index (Phi) is 1.73. The number of imide groups is 1. The van der Waals surface area contributed by atoms with Crippen LogP contribution in [0, 0.1) is 0 Å². The fourth-order valence-corrected chi connectivity index (χ4v) is 1.17. The van der Waals surface area contributed by atoms with E-state index >= 15 is 0 Å². The molecule has 1 saturated heterocycles. The van der Waals surface area contributed by atoms with Crippen molar-refractivity contribution in [3.05, 3.63) is 18.7 Å². The molecule has 13 heavy (non-hydrogen) atoms. The third-order valence-electron chi connectivity index (χ3n) is 1.80. The highest BCUT2D eigenvalue weighted by Crippen LogP contribution is 1.99. The van der Waals surface area contributed by atoms with Gasteiger partial charge in [0, 0.05) is 18.8 Å². The molecule has 1 aromatic heterocycles. The second kappa shape index (κ2) is 2.89. The van der Waals surface area contributed by atoms with Crippen LogP contribution in [0.4, 0.5) is 4.79 Å². The third kappa shape index (κ3) is 1.37. The number of amides is 3. The minimum Gasteiger partial charge on any atom is -0.276 e. The molecule has 6 heteroatoms. The summed E-state index contributed by atoms with van der Waals surface area (Å²) in [5, 5.41) is 3.63. The van der Waals surface area contributed by atoms with Gasteiger partial charge >= 0.3 is 6.03 Å². The fraction of sp³-hybridized carbons (Fsp3) is 0.286. The first kappa shape index (κ1) is 7.78. The lowest BCUT2D eigenvalue weighted by Gasteiger charge is -2.26. The van der Waals surface area contributed by atoms with Gasteiger partial charge in [-0.25, -0.2) is 19.5 Å². The molecule has 0 unspecified atom stereocenters. The van der Waals surface area contributed by atoms with Gasteiger partial charge in [0.15, 0.2) is 0 Å². The Bertz CT molecular complexity index is 332. The zero-order valence-electron chi connectivity index (χ0n) is 6.80. The molecular formula is C7H8N4O2. The summed E-state index contributed by atoms with van der Waals surface area (Å²) in [6.07, 6.45) is 5.05. The Morgan fingerprint density at radius 3 is 2.92 bits per heavy atom. The molecule has 0 aliphatic carbocycles. The lowest BCUT2D eigenvalue weighted by atomic mass is 10.3. The number of nitrogens with zero attached hydrogens (tertiary/aromatic N) is 3. The Labute approximate surface area is 74.1 Å². The van der Waals surface area contributed by atoms with E-state index in [0.29, 0.717) is 13.0 Å². The predicted octanol–water partition coefficient (Wildman–Crippen LogP) is -0.539. The molecule has 0 radical (unpaired) electrons. The van der Waals surface area contributed by atoms with Crippen LogP contribution < -0.4 is 10.3 Å². The normalized spacial score (nSPS) is 17.4. The van der Waals surface area contributed by atoms with E-state index in [0.717, 1.165) is 0 Å². The molecule has 1 N–H and O–H groups in total. The van der Waals surface area contributed by atoms with Crippen LogP contribution in [0.3, 0.4) is 0 Å². The van der Waals surface area contributed by atoms with Gasteiger partial charge in [-0.2, -0.15) is 0 Å². The van der Waals surface area contributed by atoms with Crippen LogP contribution in [0.15, 0.2) is 18.7 Å². The summed E-state index contributed by atoms with van der Waals surface area (Å²) in [5.41, 5.74) is 0. The molecule has 1 aromatic rings. The zero-order chi connectivity index (χ0) is 9.26. The molecule has 1 fully saturated rings. The van der Waals surface area contributed by atoms with E-state index in [1.54, 1.807) is 17.1 Å². The standard InChI is InChI=1S/C7H8N4O2/c12-6-1-3-11(7(13)9-6)10-4-2-8-5-10/h2,4-5H,1,3H2,(H,9,12,13). The van der Waals surface area contributed by atoms with Gasteiger partial charge in [-0.15, -0.1) is 0 Å². The molecule has 2 rings (SSSR count). The molecule has 0 spiro atoms. The van der Waals surface area contributed by atoms with E-state index in [1.165, 1.54) is 11.3 Å². The summed E-state index contributed by atoms with van der Waals surface area (Å²) in [5.74, 6) is -0.235. The maximum Gasteiger partial charge on any atom is 0.343 e. The van der Waals surface area contributed by atoms with Crippen LogP contribution in [0.1, 0.15) is 6.42 Å². The highest BCUT2D eigenvalue weighted by molar-refractivity contribution is 6.01. The highest BCUT2D eigenvalue weighted by Gasteiger charge is 2.23. The summed E-state index contributed by atoms with van der Waals surface area (Å²) in [7, 11) is 0. The second-order valence-corrected chi connectivity index (χ2v) is 2.67. The van der Waals surface area contributed by atoms with E-state index in [9.17, 15) is 9.59 Å². The Hall–Kier alpha value is -1.85. The van der Waals surface area contributed by atoms with Crippen molar-refractivity contribution in [2.24, 2.45) is 0 Å². The lowest BCUT2D eigenvalue weighted by molar-refractivity contribution is -0.120. The number of aromatic nitrogens is 2. The van der Waals surface area contributed by atoms with E-state index in [-0.39, 0.29) is 5.91 Å². The lowest BCUT2D eigenvalue weighted by Crippen LogP contribution is -2.54. The number of carbonyl (C=O) groups is 2. The number of carbonyl (C=O) groups excluding carboxylic acids is 2. The monoisotopic (exact) mass is 180 g/mol. The van der Waals surface area contributed by atoms with Crippen LogP contribution in [0.2, 0.25) is 0 Å². The third-order valence-corrected chi connectivity index (χ3v) is 1.80. The molecule has 3 amide bonds. The van der Waals surface area contributed by atoms with Gasteiger partial charge in [0.2, 0.25) is 5.91 Å². The molecule has 68 valence electrons. The number of urea groups is 1. The SMILES string of the molecule is O=C1CCN(n2ccnc2)C(=O)N1. The van der Waals surface area contributed by atoms with Crippen LogP contribution in [-0.4, -0.2) is 28.1 Å². The summed E-state index contributed by atoms with van der Waals surface area (Å²) >= 11 is 0. The van der Waals surface area contributed by atoms with Gasteiger partial charge in [-0.3, -0.25) is 10.1 Å². The van der Waals surface area contributed by atoms with Crippen molar-refractivity contribution in [3.8, 4) is 0 Å². The van der Waals surface area contributed by atoms with Gasteiger partial charge in [0.1, 0.15) is 6.33 Å². The Balaban J connectivity index is 2.17. The number of imidazole rings is 1. The Morgan fingerprint density at radius 1 is 1.46 bits per heavy atom. The number of rotatable bonds is 1. The summed E-state index contributed by atoms with van der Waals surface area (Å²) in [4.78, 5) is 25.9. The minimum absolute atomic E-state index is 0.235. The molecular weight excluding hydrogens is 172 g/mol. The van der Waals surface area contributed by atoms with Crippen molar-refractivity contribution in [1.82, 2.24) is 15.0 Å². The molecule has 0 bridgehead atoms. The van der Waals surface area contributed by atoms with Crippen molar-refractivity contribution >= 4 is 11.9 Å². The quantitative estimate of drug-likeness (QED) is 0.631. The largest absolute Gasteiger partial charge is 0.343 e. The molecule has 6 nitrogen and oxygen atoms in total. The number of hydrogen-bond acceptors (Lipinski definition) is 3. The molecule has 0 aromatic carbocycles. The van der Waals surface area contributed by atoms with Gasteiger partial charge in [0.05, 0.1) is 6.54 Å². The average molecular weight is 180 g/mol. The second-order valence-electron chi connectivity index (χ2n) is 2.67. The summed E-state index contributed by atoms with van der Waals surface area (Å²) in [6, 6.07) is -0.408. The maximum absolute atomic E-state index is 11.2. The fourth-order valence-electron chi connectivity index (χ4n) is 1.17. The van der Waals surface area contributed by atoms with Crippen molar-refractivity contribution in [2.45, 2.75) is 6.42 Å². The van der Waals surface area contributed by atoms with Crippen molar-refractivity contribution in [2.75, 3.05) is 11.6 Å². The van der Waals surface area contributed by atoms with Crippen molar-refractivity contribution < 1.29 is 9.59 Å². The first-order chi connectivity index (χ1) is 6.27. The number of hydrogen-bond donors (Lipinski definition) is 1. The first-order valence-corrected chi connectivity index (χ1v) is 3.87. The molecule has 2 heterocycles. The number of nitrogens with one attached hydrogen (secondary N) is 1. The van der Waals surface area contributed by atoms with Crippen LogP contribution >= 0.6 is 0 Å². The smallest absolute Gasteiger partial charge is 0.276 e. The van der Waals surface area contributed by atoms with Crippen LogP contribution in [0.25, 0.3) is 0 Å². The summed E-state index contributed by atoms with van der Waals surface area (Å²) in [6.45, 7) is 0.390. The molecule has 1 aliphatic heterocycles. The van der Waals surface area contributed by atoms with Gasteiger partial charge in [-0.1, -0.05) is 0 Å². The first-order valence-electron chi connectivity index (χ1n) is 3.87. The van der Waals surface area contributed by atoms with Crippen LogP contribution in [-0.2, 0) is 4.79 Å². The predicted molar refractivity (Wildman–Crippen MR) is 43.5 cm³/mol.